The van der Waals surface area contributed by atoms with Crippen LogP contribution < -0.4 is 0 Å². The Morgan fingerprint density at radius 1 is 1.12 bits per heavy atom. The van der Waals surface area contributed by atoms with E-state index in [2.05, 4.69) is 9.72 Å². The van der Waals surface area contributed by atoms with Crippen LogP contribution in [0.15, 0.2) is 36.4 Å². The third kappa shape index (κ3) is 5.90. The van der Waals surface area contributed by atoms with E-state index in [-0.39, 0.29) is 32.7 Å². The van der Waals surface area contributed by atoms with Crippen LogP contribution in [-0.4, -0.2) is 65.8 Å². The number of hydrogen-bond donors (Lipinski definition) is 0. The summed E-state index contributed by atoms with van der Waals surface area (Å²) >= 11 is 0. The molecule has 1 unspecified atom stereocenters. The number of halogens is 6. The molecule has 1 aromatic carbocycles. The maximum absolute atomic E-state index is 14.6. The zero-order valence-electron chi connectivity index (χ0n) is 17.1. The highest BCUT2D eigenvalue weighted by atomic mass is 19.4. The molecule has 11 heteroatoms. The first-order valence-electron chi connectivity index (χ1n) is 9.80. The average molecular weight is 461 g/mol. The summed E-state index contributed by atoms with van der Waals surface area (Å²) in [5.74, 6) is -0.433. The van der Waals surface area contributed by atoms with Crippen LogP contribution in [-0.2, 0) is 11.3 Å². The third-order valence-corrected chi connectivity index (χ3v) is 5.04. The molecule has 0 bridgehead atoms. The Labute approximate surface area is 180 Å². The number of rotatable bonds is 5. The number of pyridine rings is 1. The highest BCUT2D eigenvalue weighted by Crippen LogP contribution is 2.28. The van der Waals surface area contributed by atoms with Crippen LogP contribution in [0.5, 0.6) is 0 Å². The molecule has 1 aromatic heterocycles. The Morgan fingerprint density at radius 3 is 2.38 bits per heavy atom. The van der Waals surface area contributed by atoms with Gasteiger partial charge in [-0.2, -0.15) is 13.2 Å². The van der Waals surface area contributed by atoms with Gasteiger partial charge in [0, 0.05) is 49.5 Å². The Bertz CT molecular complexity index is 945. The monoisotopic (exact) mass is 461 g/mol. The summed E-state index contributed by atoms with van der Waals surface area (Å²) < 4.78 is 81.4. The fraction of sp³-hybridized carbons (Fsp3) is 0.429. The number of carbonyl (C=O) groups excluding carboxylic acids is 1. The summed E-state index contributed by atoms with van der Waals surface area (Å²) in [6.07, 6.45) is -14.2. The van der Waals surface area contributed by atoms with E-state index in [1.54, 1.807) is 23.1 Å². The van der Waals surface area contributed by atoms with E-state index < -0.39 is 30.6 Å². The van der Waals surface area contributed by atoms with Gasteiger partial charge >= 0.3 is 12.3 Å². The predicted octanol–water partition coefficient (Wildman–Crippen LogP) is 4.65. The molecule has 3 rings (SSSR count). The second kappa shape index (κ2) is 9.76. The van der Waals surface area contributed by atoms with Crippen LogP contribution in [0, 0.1) is 12.7 Å². The Balaban J connectivity index is 1.56. The zero-order chi connectivity index (χ0) is 23.5. The summed E-state index contributed by atoms with van der Waals surface area (Å²) in [4.78, 5) is 19.0. The Hall–Kier alpha value is -2.82. The Kier molecular flexibility index (Phi) is 7.27. The average Bonchev–Trinajstić information content (AvgIpc) is 2.72. The van der Waals surface area contributed by atoms with Crippen molar-refractivity contribution < 1.29 is 35.9 Å². The van der Waals surface area contributed by atoms with Crippen LogP contribution in [0.1, 0.15) is 11.3 Å². The molecule has 5 nitrogen and oxygen atoms in total. The molecule has 1 aliphatic rings. The van der Waals surface area contributed by atoms with Gasteiger partial charge in [0.1, 0.15) is 5.82 Å². The molecule has 2 heterocycles. The minimum atomic E-state index is -5.36. The molecule has 2 aromatic rings. The highest BCUT2D eigenvalue weighted by molar-refractivity contribution is 5.68. The molecular weight excluding hydrogens is 440 g/mol. The molecule has 0 spiro atoms. The lowest BCUT2D eigenvalue weighted by Crippen LogP contribution is -2.51. The van der Waals surface area contributed by atoms with Gasteiger partial charge in [-0.15, -0.1) is 0 Å². The zero-order valence-corrected chi connectivity index (χ0v) is 17.1. The van der Waals surface area contributed by atoms with E-state index in [1.807, 2.05) is 19.1 Å². The van der Waals surface area contributed by atoms with Crippen molar-refractivity contribution >= 4 is 6.09 Å². The molecule has 0 radical (unpaired) electrons. The number of piperazine rings is 1. The summed E-state index contributed by atoms with van der Waals surface area (Å²) in [6.45, 7) is 2.44. The number of aromatic nitrogens is 1. The molecule has 1 fully saturated rings. The van der Waals surface area contributed by atoms with Crippen molar-refractivity contribution in [3.63, 3.8) is 0 Å². The van der Waals surface area contributed by atoms with Crippen molar-refractivity contribution in [1.29, 1.82) is 0 Å². The molecule has 0 saturated carbocycles. The molecule has 0 aliphatic carbocycles. The molecular formula is C21H21F6N3O2. The van der Waals surface area contributed by atoms with Crippen LogP contribution in [0.2, 0.25) is 0 Å². The number of carbonyl (C=O) groups is 1. The standard InChI is InChI=1S/C21H21F6N3O2/c1-13-3-2-4-17(28-13)14-5-6-15(16(22)11-14)12-29-7-9-30(10-8-29)20(31)32-18(19(23)24)21(25,26)27/h2-6,11,18-19H,7-10,12H2,1H3. The molecule has 1 atom stereocenters. The summed E-state index contributed by atoms with van der Waals surface area (Å²) in [6, 6.07) is 10.2. The van der Waals surface area contributed by atoms with E-state index in [9.17, 15) is 31.1 Å². The fourth-order valence-corrected chi connectivity index (χ4v) is 3.31. The van der Waals surface area contributed by atoms with Gasteiger partial charge in [-0.25, -0.2) is 18.0 Å². The van der Waals surface area contributed by atoms with Gasteiger partial charge in [0.15, 0.2) is 0 Å². The maximum Gasteiger partial charge on any atom is 0.431 e. The molecule has 1 saturated heterocycles. The summed E-state index contributed by atoms with van der Waals surface area (Å²) in [7, 11) is 0. The van der Waals surface area contributed by atoms with Gasteiger partial charge in [0.05, 0.1) is 5.69 Å². The number of aryl methyl sites for hydroxylation is 1. The molecule has 0 N–H and O–H groups in total. The Morgan fingerprint density at radius 2 is 1.81 bits per heavy atom. The quantitative estimate of drug-likeness (QED) is 0.609. The van der Waals surface area contributed by atoms with E-state index in [0.29, 0.717) is 16.8 Å². The lowest BCUT2D eigenvalue weighted by atomic mass is 10.1. The molecule has 1 amide bonds. The lowest BCUT2D eigenvalue weighted by Gasteiger charge is -2.35. The smallest absolute Gasteiger partial charge is 0.430 e. The molecule has 174 valence electrons. The van der Waals surface area contributed by atoms with Gasteiger partial charge in [-0.1, -0.05) is 18.2 Å². The number of alkyl halides is 5. The normalized spacial score (nSPS) is 16.3. The summed E-state index contributed by atoms with van der Waals surface area (Å²) in [5.41, 5.74) is 2.48. The van der Waals surface area contributed by atoms with Crippen LogP contribution in [0.3, 0.4) is 0 Å². The van der Waals surface area contributed by atoms with Gasteiger partial charge in [-0.3, -0.25) is 9.88 Å². The predicted molar refractivity (Wildman–Crippen MR) is 104 cm³/mol. The van der Waals surface area contributed by atoms with Crippen molar-refractivity contribution in [3.05, 3.63) is 53.5 Å². The maximum atomic E-state index is 14.6. The number of nitrogens with zero attached hydrogens (tertiary/aromatic N) is 3. The number of ether oxygens (including phenoxy) is 1. The fourth-order valence-electron chi connectivity index (χ4n) is 3.31. The largest absolute Gasteiger partial charge is 0.431 e. The second-order valence-electron chi connectivity index (χ2n) is 7.41. The number of benzene rings is 1. The van der Waals surface area contributed by atoms with E-state index in [1.165, 1.54) is 6.07 Å². The van der Waals surface area contributed by atoms with Crippen molar-refractivity contribution in [2.75, 3.05) is 26.2 Å². The minimum Gasteiger partial charge on any atom is -0.430 e. The lowest BCUT2D eigenvalue weighted by molar-refractivity contribution is -0.238. The summed E-state index contributed by atoms with van der Waals surface area (Å²) in [5, 5.41) is 0. The van der Waals surface area contributed by atoms with Crippen molar-refractivity contribution in [2.45, 2.75) is 32.2 Å². The van der Waals surface area contributed by atoms with E-state index in [0.717, 1.165) is 10.6 Å². The van der Waals surface area contributed by atoms with Crippen LogP contribution in [0.4, 0.5) is 31.1 Å². The first kappa shape index (κ1) is 23.8. The van der Waals surface area contributed by atoms with Gasteiger partial charge in [0.25, 0.3) is 12.5 Å². The first-order valence-corrected chi connectivity index (χ1v) is 9.80. The first-order chi connectivity index (χ1) is 15.0. The topological polar surface area (TPSA) is 45.7 Å². The highest BCUT2D eigenvalue weighted by Gasteiger charge is 2.49. The number of amides is 1. The van der Waals surface area contributed by atoms with Crippen molar-refractivity contribution in [3.8, 4) is 11.3 Å². The van der Waals surface area contributed by atoms with Crippen molar-refractivity contribution in [2.24, 2.45) is 0 Å². The SMILES string of the molecule is Cc1cccc(-c2ccc(CN3CCN(C(=O)OC(C(F)F)C(F)(F)F)CC3)c(F)c2)n1. The van der Waals surface area contributed by atoms with Crippen LogP contribution >= 0.6 is 0 Å². The van der Waals surface area contributed by atoms with E-state index in [4.69, 9.17) is 0 Å². The van der Waals surface area contributed by atoms with Crippen LogP contribution in [0.25, 0.3) is 11.3 Å². The minimum absolute atomic E-state index is 0.0282. The van der Waals surface area contributed by atoms with Gasteiger partial charge in [0.2, 0.25) is 0 Å². The van der Waals surface area contributed by atoms with Gasteiger partial charge in [-0.05, 0) is 25.1 Å². The van der Waals surface area contributed by atoms with E-state index >= 15 is 0 Å². The second-order valence-corrected chi connectivity index (χ2v) is 7.41. The molecule has 32 heavy (non-hydrogen) atoms. The third-order valence-electron chi connectivity index (χ3n) is 5.04. The van der Waals surface area contributed by atoms with Gasteiger partial charge < -0.3 is 9.64 Å². The number of hydrogen-bond acceptors (Lipinski definition) is 4. The van der Waals surface area contributed by atoms with Crippen molar-refractivity contribution in [1.82, 2.24) is 14.8 Å². The molecule has 1 aliphatic heterocycles.